The zero-order chi connectivity index (χ0) is 11.4. The van der Waals surface area contributed by atoms with Crippen molar-refractivity contribution in [3.8, 4) is 0 Å². The van der Waals surface area contributed by atoms with E-state index in [9.17, 15) is 0 Å². The van der Waals surface area contributed by atoms with Crippen molar-refractivity contribution in [1.82, 2.24) is 5.32 Å². The third kappa shape index (κ3) is 2.99. The van der Waals surface area contributed by atoms with Crippen molar-refractivity contribution >= 4 is 5.69 Å². The molecule has 1 aliphatic carbocycles. The lowest BCUT2D eigenvalue weighted by Crippen LogP contribution is -2.40. The highest BCUT2D eigenvalue weighted by Gasteiger charge is 2.22. The van der Waals surface area contributed by atoms with Crippen LogP contribution in [0.4, 0.5) is 5.69 Å². The summed E-state index contributed by atoms with van der Waals surface area (Å²) in [5.74, 6) is 0. The summed E-state index contributed by atoms with van der Waals surface area (Å²) in [6.45, 7) is 3.37. The van der Waals surface area contributed by atoms with Gasteiger partial charge in [0, 0.05) is 31.4 Å². The predicted octanol–water partition coefficient (Wildman–Crippen LogP) is 2.65. The van der Waals surface area contributed by atoms with Crippen molar-refractivity contribution in [3.63, 3.8) is 0 Å². The number of hydrogen-bond acceptors (Lipinski definition) is 2. The van der Waals surface area contributed by atoms with Crippen molar-refractivity contribution in [2.75, 3.05) is 18.5 Å². The van der Waals surface area contributed by atoms with Crippen LogP contribution in [-0.4, -0.2) is 25.7 Å². The molecule has 1 N–H and O–H groups in total. The molecular weight excluding hydrogens is 196 g/mol. The summed E-state index contributed by atoms with van der Waals surface area (Å²) < 4.78 is 0. The molecule has 16 heavy (non-hydrogen) atoms. The minimum Gasteiger partial charge on any atom is -0.370 e. The van der Waals surface area contributed by atoms with Gasteiger partial charge in [-0.05, 0) is 31.4 Å². The highest BCUT2D eigenvalue weighted by atomic mass is 15.2. The SMILES string of the molecule is CCC(CNC1CC1)N(C)c1ccccc1. The van der Waals surface area contributed by atoms with Crippen molar-refractivity contribution in [1.29, 1.82) is 0 Å². The minimum absolute atomic E-state index is 0.600. The molecule has 0 spiro atoms. The van der Waals surface area contributed by atoms with Crippen LogP contribution >= 0.6 is 0 Å². The summed E-state index contributed by atoms with van der Waals surface area (Å²) in [7, 11) is 2.19. The molecule has 0 bridgehead atoms. The van der Waals surface area contributed by atoms with E-state index in [2.05, 4.69) is 54.5 Å². The first-order valence-electron chi connectivity index (χ1n) is 6.32. The van der Waals surface area contributed by atoms with Gasteiger partial charge in [0.15, 0.2) is 0 Å². The van der Waals surface area contributed by atoms with Gasteiger partial charge in [0.2, 0.25) is 0 Å². The van der Waals surface area contributed by atoms with Crippen molar-refractivity contribution in [3.05, 3.63) is 30.3 Å². The summed E-state index contributed by atoms with van der Waals surface area (Å²) in [5, 5.41) is 3.62. The van der Waals surface area contributed by atoms with E-state index in [1.165, 1.54) is 24.9 Å². The summed E-state index contributed by atoms with van der Waals surface area (Å²) in [6, 6.07) is 12.0. The second-order valence-electron chi connectivity index (χ2n) is 4.69. The van der Waals surface area contributed by atoms with E-state index in [-0.39, 0.29) is 0 Å². The van der Waals surface area contributed by atoms with Crippen LogP contribution in [-0.2, 0) is 0 Å². The van der Waals surface area contributed by atoms with Gasteiger partial charge in [-0.2, -0.15) is 0 Å². The maximum Gasteiger partial charge on any atom is 0.0408 e. The number of rotatable bonds is 6. The molecule has 2 heteroatoms. The highest BCUT2D eigenvalue weighted by molar-refractivity contribution is 5.46. The van der Waals surface area contributed by atoms with Gasteiger partial charge in [-0.15, -0.1) is 0 Å². The van der Waals surface area contributed by atoms with Crippen molar-refractivity contribution in [2.24, 2.45) is 0 Å². The zero-order valence-corrected chi connectivity index (χ0v) is 10.3. The Hall–Kier alpha value is -1.02. The third-order valence-electron chi connectivity index (χ3n) is 3.40. The molecule has 1 aromatic rings. The summed E-state index contributed by atoms with van der Waals surface area (Å²) in [5.41, 5.74) is 1.31. The molecular formula is C14H22N2. The molecule has 0 saturated heterocycles. The van der Waals surface area contributed by atoms with E-state index < -0.39 is 0 Å². The molecule has 0 aromatic heterocycles. The van der Waals surface area contributed by atoms with Crippen LogP contribution in [0.1, 0.15) is 26.2 Å². The summed E-state index contributed by atoms with van der Waals surface area (Å²) in [4.78, 5) is 2.38. The quantitative estimate of drug-likeness (QED) is 0.789. The second kappa shape index (κ2) is 5.35. The van der Waals surface area contributed by atoms with Crippen molar-refractivity contribution in [2.45, 2.75) is 38.3 Å². The second-order valence-corrected chi connectivity index (χ2v) is 4.69. The molecule has 1 aromatic carbocycles. The van der Waals surface area contributed by atoms with Gasteiger partial charge in [-0.3, -0.25) is 0 Å². The molecule has 0 amide bonds. The zero-order valence-electron chi connectivity index (χ0n) is 10.3. The van der Waals surface area contributed by atoms with Crippen LogP contribution < -0.4 is 10.2 Å². The van der Waals surface area contributed by atoms with Gasteiger partial charge < -0.3 is 10.2 Å². The Morgan fingerprint density at radius 3 is 2.56 bits per heavy atom. The molecule has 2 rings (SSSR count). The van der Waals surface area contributed by atoms with Crippen LogP contribution in [0.15, 0.2) is 30.3 Å². The van der Waals surface area contributed by atoms with Gasteiger partial charge in [-0.25, -0.2) is 0 Å². The smallest absolute Gasteiger partial charge is 0.0408 e. The van der Waals surface area contributed by atoms with Gasteiger partial charge >= 0.3 is 0 Å². The van der Waals surface area contributed by atoms with Crippen molar-refractivity contribution < 1.29 is 0 Å². The van der Waals surface area contributed by atoms with E-state index in [4.69, 9.17) is 0 Å². The van der Waals surface area contributed by atoms with E-state index in [0.29, 0.717) is 6.04 Å². The fraction of sp³-hybridized carbons (Fsp3) is 0.571. The molecule has 2 nitrogen and oxygen atoms in total. The average molecular weight is 218 g/mol. The molecule has 0 radical (unpaired) electrons. The molecule has 0 heterocycles. The van der Waals surface area contributed by atoms with Crippen LogP contribution in [0.5, 0.6) is 0 Å². The number of para-hydroxylation sites is 1. The number of benzene rings is 1. The molecule has 1 aliphatic rings. The number of nitrogens with zero attached hydrogens (tertiary/aromatic N) is 1. The van der Waals surface area contributed by atoms with E-state index in [1.54, 1.807) is 0 Å². The summed E-state index contributed by atoms with van der Waals surface area (Å²) in [6.07, 6.45) is 3.92. The van der Waals surface area contributed by atoms with Gasteiger partial charge in [0.05, 0.1) is 0 Å². The van der Waals surface area contributed by atoms with Crippen LogP contribution in [0.25, 0.3) is 0 Å². The van der Waals surface area contributed by atoms with E-state index in [1.807, 2.05) is 0 Å². The average Bonchev–Trinajstić information content (AvgIpc) is 3.15. The first-order valence-corrected chi connectivity index (χ1v) is 6.32. The normalized spacial score (nSPS) is 17.1. The first kappa shape index (κ1) is 11.5. The number of anilines is 1. The predicted molar refractivity (Wildman–Crippen MR) is 69.9 cm³/mol. The fourth-order valence-electron chi connectivity index (χ4n) is 2.02. The number of nitrogens with one attached hydrogen (secondary N) is 1. The Balaban J connectivity index is 1.91. The Labute approximate surface area is 98.7 Å². The standard InChI is InChI=1S/C14H22N2/c1-3-13(11-15-12-9-10-12)16(2)14-7-5-4-6-8-14/h4-8,12-13,15H,3,9-11H2,1-2H3. The molecule has 1 unspecified atom stereocenters. The Morgan fingerprint density at radius 2 is 2.00 bits per heavy atom. The lowest BCUT2D eigenvalue weighted by Gasteiger charge is -2.29. The van der Waals surface area contributed by atoms with Gasteiger partial charge in [0.25, 0.3) is 0 Å². The first-order chi connectivity index (χ1) is 7.81. The van der Waals surface area contributed by atoms with E-state index in [0.717, 1.165) is 12.6 Å². The molecule has 1 atom stereocenters. The molecule has 1 fully saturated rings. The molecule has 1 saturated carbocycles. The maximum atomic E-state index is 3.62. The minimum atomic E-state index is 0.600. The Bertz CT molecular complexity index is 306. The Kier molecular flexibility index (Phi) is 3.83. The lowest BCUT2D eigenvalue weighted by molar-refractivity contribution is 0.539. The molecule has 88 valence electrons. The number of hydrogen-bond donors (Lipinski definition) is 1. The van der Waals surface area contributed by atoms with Crippen LogP contribution in [0.3, 0.4) is 0 Å². The van der Waals surface area contributed by atoms with Gasteiger partial charge in [-0.1, -0.05) is 25.1 Å². The highest BCUT2D eigenvalue weighted by Crippen LogP contribution is 2.20. The number of likely N-dealkylation sites (N-methyl/N-ethyl adjacent to an activating group) is 1. The fourth-order valence-corrected chi connectivity index (χ4v) is 2.02. The maximum absolute atomic E-state index is 3.62. The Morgan fingerprint density at radius 1 is 1.31 bits per heavy atom. The van der Waals surface area contributed by atoms with Crippen LogP contribution in [0.2, 0.25) is 0 Å². The lowest BCUT2D eigenvalue weighted by atomic mass is 10.1. The molecule has 0 aliphatic heterocycles. The monoisotopic (exact) mass is 218 g/mol. The van der Waals surface area contributed by atoms with Crippen LogP contribution in [0, 0.1) is 0 Å². The summed E-state index contributed by atoms with van der Waals surface area (Å²) >= 11 is 0. The van der Waals surface area contributed by atoms with Gasteiger partial charge in [0.1, 0.15) is 0 Å². The third-order valence-corrected chi connectivity index (χ3v) is 3.40. The largest absolute Gasteiger partial charge is 0.370 e. The topological polar surface area (TPSA) is 15.3 Å². The van der Waals surface area contributed by atoms with E-state index >= 15 is 0 Å².